The maximum Gasteiger partial charge on any atom is 0.209 e. The summed E-state index contributed by atoms with van der Waals surface area (Å²) < 4.78 is 0. The fourth-order valence-electron chi connectivity index (χ4n) is 1.62. The molecule has 1 fully saturated rings. The summed E-state index contributed by atoms with van der Waals surface area (Å²) in [5, 5.41) is 8.69. The van der Waals surface area contributed by atoms with Crippen molar-refractivity contribution in [3.05, 3.63) is 0 Å². The molecular formula is C8H15NO2. The zero-order valence-electron chi connectivity index (χ0n) is 6.70. The van der Waals surface area contributed by atoms with Crippen LogP contribution in [0.3, 0.4) is 0 Å². The van der Waals surface area contributed by atoms with Crippen LogP contribution in [0.4, 0.5) is 0 Å². The van der Waals surface area contributed by atoms with E-state index < -0.39 is 0 Å². The Balaban J connectivity index is 2.37. The first-order valence-electron chi connectivity index (χ1n) is 4.20. The number of hydrogen-bond donors (Lipinski definition) is 1. The lowest BCUT2D eigenvalue weighted by Crippen LogP contribution is -2.38. The first kappa shape index (κ1) is 8.53. The lowest BCUT2D eigenvalue weighted by atomic mass is 10.0. The van der Waals surface area contributed by atoms with E-state index in [1.165, 1.54) is 6.42 Å². The van der Waals surface area contributed by atoms with Gasteiger partial charge in [-0.25, -0.2) is 0 Å². The molecule has 1 aliphatic heterocycles. The summed E-state index contributed by atoms with van der Waals surface area (Å²) in [6.45, 7) is 1.06. The maximum atomic E-state index is 10.5. The average Bonchev–Trinajstić information content (AvgIpc) is 2.06. The molecule has 1 rings (SSSR count). The molecule has 1 aliphatic rings. The number of rotatable bonds is 3. The Kier molecular flexibility index (Phi) is 3.36. The van der Waals surface area contributed by atoms with E-state index >= 15 is 0 Å². The van der Waals surface area contributed by atoms with Gasteiger partial charge in [-0.1, -0.05) is 0 Å². The van der Waals surface area contributed by atoms with Crippen LogP contribution < -0.4 is 0 Å². The Hall–Kier alpha value is -0.570. The van der Waals surface area contributed by atoms with Crippen molar-refractivity contribution in [1.82, 2.24) is 4.90 Å². The van der Waals surface area contributed by atoms with Gasteiger partial charge in [0.2, 0.25) is 6.41 Å². The molecule has 1 amide bonds. The number of carbonyl (C=O) groups excluding carboxylic acids is 1. The first-order valence-corrected chi connectivity index (χ1v) is 4.20. The molecule has 1 saturated heterocycles. The monoisotopic (exact) mass is 157 g/mol. The predicted octanol–water partition coefficient (Wildman–Crippen LogP) is 0.380. The molecule has 0 aromatic heterocycles. The third kappa shape index (κ3) is 2.19. The van der Waals surface area contributed by atoms with E-state index in [2.05, 4.69) is 0 Å². The van der Waals surface area contributed by atoms with E-state index in [0.717, 1.165) is 32.2 Å². The molecule has 3 nitrogen and oxygen atoms in total. The second-order valence-corrected chi connectivity index (χ2v) is 3.01. The third-order valence-electron chi connectivity index (χ3n) is 2.27. The van der Waals surface area contributed by atoms with Crippen LogP contribution >= 0.6 is 0 Å². The molecule has 0 bridgehead atoms. The van der Waals surface area contributed by atoms with Gasteiger partial charge in [0.1, 0.15) is 0 Å². The van der Waals surface area contributed by atoms with Gasteiger partial charge in [-0.15, -0.1) is 0 Å². The number of nitrogens with zero attached hydrogens (tertiary/aromatic N) is 1. The van der Waals surface area contributed by atoms with Crippen LogP contribution in [-0.2, 0) is 4.79 Å². The molecule has 1 atom stereocenters. The number of piperidine rings is 1. The van der Waals surface area contributed by atoms with Gasteiger partial charge < -0.3 is 10.0 Å². The van der Waals surface area contributed by atoms with E-state index in [4.69, 9.17) is 5.11 Å². The quantitative estimate of drug-likeness (QED) is 0.602. The van der Waals surface area contributed by atoms with Crippen molar-refractivity contribution in [3.63, 3.8) is 0 Å². The SMILES string of the molecule is O=CN1CCCC[C@@H]1CCO. The van der Waals surface area contributed by atoms with Gasteiger partial charge in [-0.2, -0.15) is 0 Å². The summed E-state index contributed by atoms with van der Waals surface area (Å²) in [4.78, 5) is 12.3. The van der Waals surface area contributed by atoms with E-state index in [-0.39, 0.29) is 6.61 Å². The third-order valence-corrected chi connectivity index (χ3v) is 2.27. The molecule has 0 aromatic carbocycles. The van der Waals surface area contributed by atoms with Crippen LogP contribution in [0, 0.1) is 0 Å². The molecule has 0 radical (unpaired) electrons. The van der Waals surface area contributed by atoms with Crippen molar-refractivity contribution in [2.75, 3.05) is 13.2 Å². The summed E-state index contributed by atoms with van der Waals surface area (Å²) in [7, 11) is 0. The second kappa shape index (κ2) is 4.34. The van der Waals surface area contributed by atoms with E-state index in [1.807, 2.05) is 0 Å². The topological polar surface area (TPSA) is 40.5 Å². The minimum atomic E-state index is 0.189. The van der Waals surface area contributed by atoms with Crippen LogP contribution in [0.25, 0.3) is 0 Å². The molecular weight excluding hydrogens is 142 g/mol. The molecule has 0 unspecified atom stereocenters. The molecule has 0 spiro atoms. The zero-order valence-corrected chi connectivity index (χ0v) is 6.70. The maximum absolute atomic E-state index is 10.5. The predicted molar refractivity (Wildman–Crippen MR) is 42.1 cm³/mol. The number of carbonyl (C=O) groups is 1. The summed E-state index contributed by atoms with van der Waals surface area (Å²) in [5.74, 6) is 0. The lowest BCUT2D eigenvalue weighted by Gasteiger charge is -2.32. The summed E-state index contributed by atoms with van der Waals surface area (Å²) >= 11 is 0. The smallest absolute Gasteiger partial charge is 0.209 e. The van der Waals surface area contributed by atoms with Crippen LogP contribution in [0.5, 0.6) is 0 Å². The van der Waals surface area contributed by atoms with Gasteiger partial charge in [0.25, 0.3) is 0 Å². The van der Waals surface area contributed by atoms with Crippen molar-refractivity contribution in [3.8, 4) is 0 Å². The Bertz CT molecular complexity index is 125. The largest absolute Gasteiger partial charge is 0.396 e. The van der Waals surface area contributed by atoms with Crippen LogP contribution in [0.15, 0.2) is 0 Å². The molecule has 11 heavy (non-hydrogen) atoms. The molecule has 0 saturated carbocycles. The molecule has 0 aliphatic carbocycles. The Labute approximate surface area is 67.0 Å². The highest BCUT2D eigenvalue weighted by atomic mass is 16.3. The van der Waals surface area contributed by atoms with E-state index in [9.17, 15) is 4.79 Å². The van der Waals surface area contributed by atoms with Crippen molar-refractivity contribution < 1.29 is 9.90 Å². The van der Waals surface area contributed by atoms with Crippen molar-refractivity contribution in [2.24, 2.45) is 0 Å². The molecule has 64 valence electrons. The molecule has 0 aromatic rings. The number of amides is 1. The summed E-state index contributed by atoms with van der Waals surface area (Å²) in [5.41, 5.74) is 0. The van der Waals surface area contributed by atoms with Gasteiger partial charge in [-0.05, 0) is 25.7 Å². The van der Waals surface area contributed by atoms with Crippen molar-refractivity contribution in [2.45, 2.75) is 31.7 Å². The van der Waals surface area contributed by atoms with Crippen LogP contribution in [0.2, 0.25) is 0 Å². The molecule has 1 heterocycles. The number of aliphatic hydroxyl groups is 1. The highest BCUT2D eigenvalue weighted by Gasteiger charge is 2.19. The van der Waals surface area contributed by atoms with Gasteiger partial charge in [0, 0.05) is 19.2 Å². The average molecular weight is 157 g/mol. The highest BCUT2D eigenvalue weighted by Crippen LogP contribution is 2.17. The Morgan fingerprint density at radius 1 is 1.55 bits per heavy atom. The normalized spacial score (nSPS) is 25.2. The standard InChI is InChI=1S/C8H15NO2/c10-6-4-8-3-1-2-5-9(8)7-11/h7-8,10H,1-6H2/t8-/m1/s1. The first-order chi connectivity index (χ1) is 5.38. The fourth-order valence-corrected chi connectivity index (χ4v) is 1.62. The van der Waals surface area contributed by atoms with Gasteiger partial charge in [0.15, 0.2) is 0 Å². The Morgan fingerprint density at radius 3 is 3.00 bits per heavy atom. The van der Waals surface area contributed by atoms with Gasteiger partial charge in [-0.3, -0.25) is 4.79 Å². The van der Waals surface area contributed by atoms with Crippen molar-refractivity contribution in [1.29, 1.82) is 0 Å². The fraction of sp³-hybridized carbons (Fsp3) is 0.875. The van der Waals surface area contributed by atoms with Crippen LogP contribution in [0.1, 0.15) is 25.7 Å². The van der Waals surface area contributed by atoms with E-state index in [1.54, 1.807) is 4.90 Å². The number of likely N-dealkylation sites (tertiary alicyclic amines) is 1. The zero-order chi connectivity index (χ0) is 8.10. The Morgan fingerprint density at radius 2 is 2.36 bits per heavy atom. The highest BCUT2D eigenvalue weighted by molar-refractivity contribution is 5.47. The summed E-state index contributed by atoms with van der Waals surface area (Å²) in [6, 6.07) is 0.297. The number of hydrogen-bond acceptors (Lipinski definition) is 2. The molecule has 1 N–H and O–H groups in total. The van der Waals surface area contributed by atoms with Crippen molar-refractivity contribution >= 4 is 6.41 Å². The minimum absolute atomic E-state index is 0.189. The van der Waals surface area contributed by atoms with Gasteiger partial charge >= 0.3 is 0 Å². The van der Waals surface area contributed by atoms with Crippen LogP contribution in [-0.4, -0.2) is 35.6 Å². The summed E-state index contributed by atoms with van der Waals surface area (Å²) in [6.07, 6.45) is 4.99. The second-order valence-electron chi connectivity index (χ2n) is 3.01. The van der Waals surface area contributed by atoms with E-state index in [0.29, 0.717) is 6.04 Å². The van der Waals surface area contributed by atoms with Gasteiger partial charge in [0.05, 0.1) is 0 Å². The molecule has 3 heteroatoms. The number of aliphatic hydroxyl groups excluding tert-OH is 1. The minimum Gasteiger partial charge on any atom is -0.396 e. The lowest BCUT2D eigenvalue weighted by molar-refractivity contribution is -0.121.